The number of allylic oxidation sites excluding steroid dienone is 2. The van der Waals surface area contributed by atoms with E-state index in [1.807, 2.05) is 13.2 Å². The van der Waals surface area contributed by atoms with E-state index in [1.54, 1.807) is 0 Å². The van der Waals surface area contributed by atoms with Crippen LogP contribution in [0, 0.1) is 0 Å². The van der Waals surface area contributed by atoms with E-state index < -0.39 is 29.3 Å². The molecule has 0 heterocycles. The van der Waals surface area contributed by atoms with Crippen LogP contribution in [0.3, 0.4) is 0 Å². The van der Waals surface area contributed by atoms with Crippen LogP contribution in [-0.2, 0) is 4.79 Å². The Kier molecular flexibility index (Phi) is 3.15. The second-order valence-electron chi connectivity index (χ2n) is 2.29. The highest BCUT2D eigenvalue weighted by Crippen LogP contribution is 2.36. The summed E-state index contributed by atoms with van der Waals surface area (Å²) in [6.07, 6.45) is 0. The molecule has 0 aromatic carbocycles. The molecule has 7 heteroatoms. The van der Waals surface area contributed by atoms with Crippen LogP contribution < -0.4 is 0 Å². The molecule has 0 saturated carbocycles. The lowest BCUT2D eigenvalue weighted by Crippen LogP contribution is -2.43. The Morgan fingerprint density at radius 2 is 1.07 bits per heavy atom. The number of alkyl halides is 4. The summed E-state index contributed by atoms with van der Waals surface area (Å²) in [7, 11) is 0. The van der Waals surface area contributed by atoms with Gasteiger partial charge in [-0.05, 0) is 0 Å². The topological polar surface area (TPSA) is 17.1 Å². The Morgan fingerprint density at radius 1 is 0.857 bits per heavy atom. The van der Waals surface area contributed by atoms with Gasteiger partial charge in [-0.3, -0.25) is 4.79 Å². The van der Waals surface area contributed by atoms with Gasteiger partial charge in [-0.1, -0.05) is 13.2 Å². The van der Waals surface area contributed by atoms with Crippen molar-refractivity contribution in [2.45, 2.75) is 11.8 Å². The zero-order chi connectivity index (χ0) is 11.7. The zero-order valence-electron chi connectivity index (χ0n) is 6.59. The molecule has 0 bridgehead atoms. The van der Waals surface area contributed by atoms with Crippen molar-refractivity contribution in [1.29, 1.82) is 0 Å². The van der Waals surface area contributed by atoms with Crippen molar-refractivity contribution in [3.63, 3.8) is 0 Å². The van der Waals surface area contributed by atoms with Crippen molar-refractivity contribution in [3.8, 4) is 0 Å². The highest BCUT2D eigenvalue weighted by atomic mass is 19.3. The van der Waals surface area contributed by atoms with Gasteiger partial charge >= 0.3 is 11.8 Å². The number of hydrogen-bond donors (Lipinski definition) is 0. The van der Waals surface area contributed by atoms with Crippen LogP contribution in [-0.4, -0.2) is 17.6 Å². The maximum Gasteiger partial charge on any atom is 0.361 e. The Morgan fingerprint density at radius 3 is 1.21 bits per heavy atom. The fourth-order valence-corrected chi connectivity index (χ4v) is 0.444. The minimum absolute atomic E-state index is 2.00. The van der Waals surface area contributed by atoms with E-state index >= 15 is 0 Å². The first-order chi connectivity index (χ1) is 6.04. The summed E-state index contributed by atoms with van der Waals surface area (Å²) in [4.78, 5) is 10.3. The number of rotatable bonds is 4. The molecular formula is C7H4F6O. The van der Waals surface area contributed by atoms with Crippen molar-refractivity contribution >= 4 is 5.78 Å². The standard InChI is InChI=1S/C7H4F6O/c1-3(8)6(10,11)5(14)7(12,13)4(2)9/h1-2H2. The second-order valence-corrected chi connectivity index (χ2v) is 2.29. The third-order valence-corrected chi connectivity index (χ3v) is 1.25. The van der Waals surface area contributed by atoms with Crippen LogP contribution >= 0.6 is 0 Å². The molecule has 0 N–H and O–H groups in total. The molecule has 0 spiro atoms. The molecule has 0 rings (SSSR count). The van der Waals surface area contributed by atoms with Gasteiger partial charge in [0.15, 0.2) is 11.7 Å². The SMILES string of the molecule is C=C(F)C(F)(F)C(=O)C(F)(F)C(=C)F. The third-order valence-electron chi connectivity index (χ3n) is 1.25. The smallest absolute Gasteiger partial charge is 0.285 e. The molecule has 0 radical (unpaired) electrons. The average Bonchev–Trinajstić information content (AvgIpc) is 2.02. The minimum Gasteiger partial charge on any atom is -0.285 e. The van der Waals surface area contributed by atoms with E-state index in [-0.39, 0.29) is 0 Å². The molecule has 0 aromatic rings. The molecule has 0 aromatic heterocycles. The van der Waals surface area contributed by atoms with Gasteiger partial charge in [0.25, 0.3) is 5.78 Å². The van der Waals surface area contributed by atoms with E-state index in [0.29, 0.717) is 0 Å². The van der Waals surface area contributed by atoms with Gasteiger partial charge in [-0.25, -0.2) is 8.78 Å². The molecule has 0 aliphatic rings. The molecule has 0 aliphatic carbocycles. The van der Waals surface area contributed by atoms with Crippen molar-refractivity contribution in [3.05, 3.63) is 24.8 Å². The number of carbonyl (C=O) groups excluding carboxylic acids is 1. The summed E-state index contributed by atoms with van der Waals surface area (Å²) >= 11 is 0. The maximum atomic E-state index is 12.3. The van der Waals surface area contributed by atoms with E-state index in [2.05, 4.69) is 0 Å². The quantitative estimate of drug-likeness (QED) is 0.663. The fraction of sp³-hybridized carbons (Fsp3) is 0.286. The summed E-state index contributed by atoms with van der Waals surface area (Å²) in [5, 5.41) is 0. The van der Waals surface area contributed by atoms with Gasteiger partial charge in [-0.2, -0.15) is 17.6 Å². The van der Waals surface area contributed by atoms with Crippen LogP contribution in [0.2, 0.25) is 0 Å². The summed E-state index contributed by atoms with van der Waals surface area (Å²) in [5.41, 5.74) is 0. The van der Waals surface area contributed by atoms with Crippen molar-refractivity contribution in [2.24, 2.45) is 0 Å². The van der Waals surface area contributed by atoms with Gasteiger partial charge < -0.3 is 0 Å². The lowest BCUT2D eigenvalue weighted by molar-refractivity contribution is -0.162. The largest absolute Gasteiger partial charge is 0.361 e. The van der Waals surface area contributed by atoms with E-state index in [1.165, 1.54) is 0 Å². The average molecular weight is 218 g/mol. The van der Waals surface area contributed by atoms with Crippen LogP contribution in [0.25, 0.3) is 0 Å². The van der Waals surface area contributed by atoms with Gasteiger partial charge in [0.2, 0.25) is 0 Å². The summed E-state index contributed by atoms with van der Waals surface area (Å²) in [5.74, 6) is -18.6. The first-order valence-corrected chi connectivity index (χ1v) is 3.05. The summed E-state index contributed by atoms with van der Waals surface area (Å²) in [6.45, 7) is 4.00. The first kappa shape index (κ1) is 12.7. The molecule has 14 heavy (non-hydrogen) atoms. The first-order valence-electron chi connectivity index (χ1n) is 3.05. The monoisotopic (exact) mass is 218 g/mol. The summed E-state index contributed by atoms with van der Waals surface area (Å²) in [6, 6.07) is 0. The molecule has 0 atom stereocenters. The van der Waals surface area contributed by atoms with Crippen LogP contribution in [0.1, 0.15) is 0 Å². The van der Waals surface area contributed by atoms with Gasteiger partial charge in [0, 0.05) is 0 Å². The molecular weight excluding hydrogens is 214 g/mol. The Bertz CT molecular complexity index is 265. The van der Waals surface area contributed by atoms with Crippen LogP contribution in [0.15, 0.2) is 24.8 Å². The number of carbonyl (C=O) groups is 1. The number of ketones is 1. The highest BCUT2D eigenvalue weighted by molar-refractivity contribution is 5.96. The molecule has 0 fully saturated rings. The van der Waals surface area contributed by atoms with E-state index in [0.717, 1.165) is 0 Å². The number of Topliss-reactive ketones (excluding diaryl/α,β-unsaturated/α-hetero) is 1. The van der Waals surface area contributed by atoms with Crippen molar-refractivity contribution < 1.29 is 31.1 Å². The Balaban J connectivity index is 5.16. The Hall–Kier alpha value is -1.27. The molecule has 80 valence electrons. The zero-order valence-corrected chi connectivity index (χ0v) is 6.59. The number of halogens is 6. The minimum atomic E-state index is -5.13. The van der Waals surface area contributed by atoms with Gasteiger partial charge in [0.1, 0.15) is 0 Å². The van der Waals surface area contributed by atoms with Gasteiger partial charge in [-0.15, -0.1) is 0 Å². The normalized spacial score (nSPS) is 12.4. The fourth-order valence-electron chi connectivity index (χ4n) is 0.444. The molecule has 0 aliphatic heterocycles. The second kappa shape index (κ2) is 3.47. The molecule has 0 unspecified atom stereocenters. The lowest BCUT2D eigenvalue weighted by atomic mass is 10.1. The predicted molar refractivity (Wildman–Crippen MR) is 35.4 cm³/mol. The molecule has 1 nitrogen and oxygen atoms in total. The summed E-state index contributed by atoms with van der Waals surface area (Å²) < 4.78 is 72.9. The third kappa shape index (κ3) is 1.97. The van der Waals surface area contributed by atoms with E-state index in [4.69, 9.17) is 0 Å². The lowest BCUT2D eigenvalue weighted by Gasteiger charge is -2.18. The van der Waals surface area contributed by atoms with Crippen molar-refractivity contribution in [2.75, 3.05) is 0 Å². The van der Waals surface area contributed by atoms with E-state index in [9.17, 15) is 31.1 Å². The van der Waals surface area contributed by atoms with Crippen LogP contribution in [0.5, 0.6) is 0 Å². The molecule has 0 amide bonds. The predicted octanol–water partition coefficient (Wildman–Crippen LogP) is 2.79. The maximum absolute atomic E-state index is 12.3. The van der Waals surface area contributed by atoms with Gasteiger partial charge in [0.05, 0.1) is 0 Å². The van der Waals surface area contributed by atoms with Crippen molar-refractivity contribution in [1.82, 2.24) is 0 Å². The Labute approximate surface area is 74.7 Å². The van der Waals surface area contributed by atoms with Crippen LogP contribution in [0.4, 0.5) is 26.3 Å². The highest BCUT2D eigenvalue weighted by Gasteiger charge is 2.58. The molecule has 0 saturated heterocycles. The number of hydrogen-bond acceptors (Lipinski definition) is 1.